The van der Waals surface area contributed by atoms with Gasteiger partial charge in [0.15, 0.2) is 0 Å². The van der Waals surface area contributed by atoms with Gasteiger partial charge in [-0.15, -0.1) is 6.58 Å². The van der Waals surface area contributed by atoms with Crippen LogP contribution in [0.4, 0.5) is 0 Å². The molecule has 0 saturated carbocycles. The van der Waals surface area contributed by atoms with Gasteiger partial charge in [-0.25, -0.2) is 0 Å². The number of aromatic nitrogens is 1. The van der Waals surface area contributed by atoms with Crippen molar-refractivity contribution in [3.63, 3.8) is 0 Å². The molecule has 2 heterocycles. The quantitative estimate of drug-likeness (QED) is 0.862. The molecule has 0 radical (unpaired) electrons. The third-order valence-electron chi connectivity index (χ3n) is 3.54. The lowest BCUT2D eigenvalue weighted by Crippen LogP contribution is -2.32. The van der Waals surface area contributed by atoms with E-state index < -0.39 is 0 Å². The van der Waals surface area contributed by atoms with Gasteiger partial charge in [0.2, 0.25) is 0 Å². The predicted octanol–water partition coefficient (Wildman–Crippen LogP) is 2.01. The topological polar surface area (TPSA) is 62.3 Å². The molecule has 1 fully saturated rings. The van der Waals surface area contributed by atoms with E-state index in [4.69, 9.17) is 0 Å². The number of amides is 2. The van der Waals surface area contributed by atoms with Crippen LogP contribution in [0.25, 0.3) is 0 Å². The summed E-state index contributed by atoms with van der Waals surface area (Å²) in [5.41, 5.74) is 0.785. The molecule has 1 aromatic heterocycles. The van der Waals surface area contributed by atoms with Crippen molar-refractivity contribution in [2.75, 3.05) is 19.6 Å². The number of likely N-dealkylation sites (tertiary alicyclic amines) is 1. The number of hydrogen-bond acceptors (Lipinski definition) is 3. The van der Waals surface area contributed by atoms with E-state index in [1.165, 1.54) is 19.0 Å². The average molecular weight is 287 g/mol. The van der Waals surface area contributed by atoms with E-state index in [2.05, 4.69) is 16.9 Å². The maximum absolute atomic E-state index is 12.5. The van der Waals surface area contributed by atoms with Crippen LogP contribution in [0.15, 0.2) is 31.0 Å². The molecular weight excluding hydrogens is 266 g/mol. The highest BCUT2D eigenvalue weighted by Crippen LogP contribution is 2.13. The summed E-state index contributed by atoms with van der Waals surface area (Å²) in [7, 11) is 0. The second kappa shape index (κ2) is 7.57. The summed E-state index contributed by atoms with van der Waals surface area (Å²) >= 11 is 0. The van der Waals surface area contributed by atoms with Gasteiger partial charge in [-0.1, -0.05) is 18.9 Å². The van der Waals surface area contributed by atoms with Crippen LogP contribution >= 0.6 is 0 Å². The molecule has 2 rings (SSSR count). The highest BCUT2D eigenvalue weighted by atomic mass is 16.2. The maximum atomic E-state index is 12.5. The van der Waals surface area contributed by atoms with Crippen molar-refractivity contribution in [2.24, 2.45) is 0 Å². The summed E-state index contributed by atoms with van der Waals surface area (Å²) in [6, 6.07) is 3.23. The molecule has 0 aromatic carbocycles. The van der Waals surface area contributed by atoms with E-state index in [9.17, 15) is 9.59 Å². The Morgan fingerprint density at radius 1 is 1.29 bits per heavy atom. The molecule has 21 heavy (non-hydrogen) atoms. The van der Waals surface area contributed by atoms with Crippen LogP contribution in [0.3, 0.4) is 0 Å². The zero-order valence-electron chi connectivity index (χ0n) is 12.2. The monoisotopic (exact) mass is 287 g/mol. The van der Waals surface area contributed by atoms with Gasteiger partial charge < -0.3 is 10.2 Å². The normalized spacial score (nSPS) is 15.1. The summed E-state index contributed by atoms with van der Waals surface area (Å²) in [6.45, 7) is 5.51. The summed E-state index contributed by atoms with van der Waals surface area (Å²) in [5.74, 6) is -0.308. The Bertz CT molecular complexity index is 520. The molecule has 0 atom stereocenters. The minimum Gasteiger partial charge on any atom is -0.347 e. The fourth-order valence-electron chi connectivity index (χ4n) is 2.40. The van der Waals surface area contributed by atoms with Crippen molar-refractivity contribution >= 4 is 11.8 Å². The molecule has 1 N–H and O–H groups in total. The predicted molar refractivity (Wildman–Crippen MR) is 81.1 cm³/mol. The van der Waals surface area contributed by atoms with Crippen molar-refractivity contribution < 1.29 is 9.59 Å². The average Bonchev–Trinajstić information content (AvgIpc) is 2.81. The second-order valence-corrected chi connectivity index (χ2v) is 5.13. The number of hydrogen-bond donors (Lipinski definition) is 1. The van der Waals surface area contributed by atoms with Crippen LogP contribution < -0.4 is 5.32 Å². The lowest BCUT2D eigenvalue weighted by atomic mass is 10.2. The molecule has 112 valence electrons. The number of carbonyl (C=O) groups excluding carboxylic acids is 2. The molecule has 0 unspecified atom stereocenters. The molecule has 0 bridgehead atoms. The minimum atomic E-state index is -0.291. The first kappa shape index (κ1) is 15.2. The van der Waals surface area contributed by atoms with Crippen molar-refractivity contribution in [3.8, 4) is 0 Å². The van der Waals surface area contributed by atoms with Crippen LogP contribution in [0, 0.1) is 0 Å². The standard InChI is InChI=1S/C16H21N3O2/c1-2-8-18-15(20)14-12-13(7-9-17-14)16(21)19-10-5-3-4-6-11-19/h2,7,9,12H,1,3-6,8,10-11H2,(H,18,20). The lowest BCUT2D eigenvalue weighted by molar-refractivity contribution is 0.0761. The van der Waals surface area contributed by atoms with Crippen molar-refractivity contribution in [2.45, 2.75) is 25.7 Å². The van der Waals surface area contributed by atoms with E-state index in [0.717, 1.165) is 25.9 Å². The first-order chi connectivity index (χ1) is 10.2. The van der Waals surface area contributed by atoms with Crippen molar-refractivity contribution in [1.29, 1.82) is 0 Å². The maximum Gasteiger partial charge on any atom is 0.270 e. The molecule has 2 amide bonds. The second-order valence-electron chi connectivity index (χ2n) is 5.13. The molecule has 1 aliphatic rings. The molecule has 5 nitrogen and oxygen atoms in total. The van der Waals surface area contributed by atoms with Gasteiger partial charge in [-0.3, -0.25) is 14.6 Å². The zero-order valence-corrected chi connectivity index (χ0v) is 12.2. The molecule has 0 aliphatic carbocycles. The molecule has 1 aromatic rings. The van der Waals surface area contributed by atoms with E-state index in [1.807, 2.05) is 4.90 Å². The molecule has 1 saturated heterocycles. The molecule has 5 heteroatoms. The number of carbonyl (C=O) groups is 2. The van der Waals surface area contributed by atoms with E-state index in [0.29, 0.717) is 12.1 Å². The van der Waals surface area contributed by atoms with E-state index in [-0.39, 0.29) is 17.5 Å². The fraction of sp³-hybridized carbons (Fsp3) is 0.438. The Hall–Kier alpha value is -2.17. The summed E-state index contributed by atoms with van der Waals surface area (Å²) in [5, 5.41) is 2.66. The van der Waals surface area contributed by atoms with Gasteiger partial charge in [0.1, 0.15) is 5.69 Å². The Kier molecular flexibility index (Phi) is 5.49. The van der Waals surface area contributed by atoms with Crippen molar-refractivity contribution in [3.05, 3.63) is 42.2 Å². The number of nitrogens with zero attached hydrogens (tertiary/aromatic N) is 2. The largest absolute Gasteiger partial charge is 0.347 e. The smallest absolute Gasteiger partial charge is 0.270 e. The SMILES string of the molecule is C=CCNC(=O)c1cc(C(=O)N2CCCCCC2)ccn1. The highest BCUT2D eigenvalue weighted by Gasteiger charge is 2.18. The van der Waals surface area contributed by atoms with Gasteiger partial charge >= 0.3 is 0 Å². The minimum absolute atomic E-state index is 0.0166. The van der Waals surface area contributed by atoms with Crippen molar-refractivity contribution in [1.82, 2.24) is 15.2 Å². The van der Waals surface area contributed by atoms with E-state index >= 15 is 0 Å². The van der Waals surface area contributed by atoms with Crippen LogP contribution in [-0.2, 0) is 0 Å². The Morgan fingerprint density at radius 3 is 2.67 bits per heavy atom. The summed E-state index contributed by atoms with van der Waals surface area (Å²) in [6.07, 6.45) is 7.55. The Labute approximate surface area is 125 Å². The van der Waals surface area contributed by atoms with Crippen LogP contribution in [0.1, 0.15) is 46.5 Å². The number of nitrogens with one attached hydrogen (secondary N) is 1. The third-order valence-corrected chi connectivity index (χ3v) is 3.54. The van der Waals surface area contributed by atoms with Crippen LogP contribution in [0.5, 0.6) is 0 Å². The zero-order chi connectivity index (χ0) is 15.1. The van der Waals surface area contributed by atoms with Gasteiger partial charge in [0, 0.05) is 31.4 Å². The molecular formula is C16H21N3O2. The van der Waals surface area contributed by atoms with Gasteiger partial charge in [0.25, 0.3) is 11.8 Å². The van der Waals surface area contributed by atoms with Crippen LogP contribution in [0.2, 0.25) is 0 Å². The molecule has 0 spiro atoms. The van der Waals surface area contributed by atoms with Gasteiger partial charge in [-0.05, 0) is 25.0 Å². The first-order valence-electron chi connectivity index (χ1n) is 7.37. The van der Waals surface area contributed by atoms with Crippen LogP contribution in [-0.4, -0.2) is 41.3 Å². The number of rotatable bonds is 4. The van der Waals surface area contributed by atoms with E-state index in [1.54, 1.807) is 18.2 Å². The first-order valence-corrected chi connectivity index (χ1v) is 7.37. The fourth-order valence-corrected chi connectivity index (χ4v) is 2.40. The molecule has 1 aliphatic heterocycles. The number of pyridine rings is 1. The summed E-state index contributed by atoms with van der Waals surface area (Å²) < 4.78 is 0. The lowest BCUT2D eigenvalue weighted by Gasteiger charge is -2.20. The van der Waals surface area contributed by atoms with Gasteiger partial charge in [-0.2, -0.15) is 0 Å². The Morgan fingerprint density at radius 2 is 2.00 bits per heavy atom. The Balaban J connectivity index is 2.10. The third kappa shape index (κ3) is 4.15. The van der Waals surface area contributed by atoms with Gasteiger partial charge in [0.05, 0.1) is 0 Å². The summed E-state index contributed by atoms with van der Waals surface area (Å²) in [4.78, 5) is 30.2. The highest BCUT2D eigenvalue weighted by molar-refractivity contribution is 5.98.